The number of thioether (sulfide) groups is 1. The van der Waals surface area contributed by atoms with E-state index in [0.29, 0.717) is 30.7 Å². The summed E-state index contributed by atoms with van der Waals surface area (Å²) in [6, 6.07) is 8.37. The van der Waals surface area contributed by atoms with E-state index in [1.807, 2.05) is 0 Å². The van der Waals surface area contributed by atoms with Gasteiger partial charge in [-0.25, -0.2) is 0 Å². The summed E-state index contributed by atoms with van der Waals surface area (Å²) in [4.78, 5) is 5.58. The Labute approximate surface area is 121 Å². The maximum absolute atomic E-state index is 6.19. The lowest BCUT2D eigenvalue weighted by molar-refractivity contribution is 0.166. The van der Waals surface area contributed by atoms with Gasteiger partial charge in [0.25, 0.3) is 0 Å². The average molecular weight is 291 g/mol. The monoisotopic (exact) mass is 291 g/mol. The molecule has 1 saturated heterocycles. The number of benzene rings is 1. The maximum Gasteiger partial charge on any atom is 0.249 e. The zero-order valence-corrected chi connectivity index (χ0v) is 12.2. The second-order valence-electron chi connectivity index (χ2n) is 5.08. The van der Waals surface area contributed by atoms with E-state index in [0.717, 1.165) is 6.42 Å². The van der Waals surface area contributed by atoms with Crippen LogP contribution in [-0.2, 0) is 16.0 Å². The van der Waals surface area contributed by atoms with Crippen molar-refractivity contribution >= 4 is 11.8 Å². The molecular formula is C14H17N3O2S. The first-order chi connectivity index (χ1) is 9.66. The molecule has 20 heavy (non-hydrogen) atoms. The molecule has 0 aliphatic carbocycles. The van der Waals surface area contributed by atoms with Crippen molar-refractivity contribution in [2.45, 2.75) is 29.5 Å². The summed E-state index contributed by atoms with van der Waals surface area (Å²) in [6.07, 6.45) is 0.722. The first-order valence-corrected chi connectivity index (χ1v) is 7.53. The van der Waals surface area contributed by atoms with Gasteiger partial charge in [0, 0.05) is 11.5 Å². The van der Waals surface area contributed by atoms with Crippen molar-refractivity contribution in [1.29, 1.82) is 0 Å². The van der Waals surface area contributed by atoms with Crippen LogP contribution in [0.25, 0.3) is 0 Å². The molecule has 1 aromatic heterocycles. The van der Waals surface area contributed by atoms with Crippen LogP contribution in [0.2, 0.25) is 0 Å². The molecule has 0 bridgehead atoms. The lowest BCUT2D eigenvalue weighted by Gasteiger charge is -2.14. The fraction of sp³-hybridized carbons (Fsp3) is 0.429. The highest BCUT2D eigenvalue weighted by Gasteiger charge is 2.38. The average Bonchev–Trinajstić information content (AvgIpc) is 3.08. The van der Waals surface area contributed by atoms with Gasteiger partial charge in [-0.3, -0.25) is 0 Å². The van der Waals surface area contributed by atoms with Crippen LogP contribution in [0.5, 0.6) is 0 Å². The molecule has 1 fully saturated rings. The van der Waals surface area contributed by atoms with Crippen LogP contribution in [0.4, 0.5) is 0 Å². The SMILES string of the molecule is Cc1ccc(SCc2noc(C3(N)CCOC3)n2)cc1. The fourth-order valence-electron chi connectivity index (χ4n) is 2.05. The summed E-state index contributed by atoms with van der Waals surface area (Å²) in [6.45, 7) is 3.16. The molecule has 0 amide bonds. The maximum atomic E-state index is 6.19. The van der Waals surface area contributed by atoms with Crippen molar-refractivity contribution in [3.05, 3.63) is 41.5 Å². The smallest absolute Gasteiger partial charge is 0.249 e. The molecule has 5 nitrogen and oxygen atoms in total. The van der Waals surface area contributed by atoms with Gasteiger partial charge in [-0.05, 0) is 25.5 Å². The van der Waals surface area contributed by atoms with E-state index in [2.05, 4.69) is 41.3 Å². The van der Waals surface area contributed by atoms with Gasteiger partial charge >= 0.3 is 0 Å². The molecule has 0 saturated carbocycles. The second kappa shape index (κ2) is 5.55. The number of ether oxygens (including phenoxy) is 1. The zero-order valence-electron chi connectivity index (χ0n) is 11.3. The number of nitrogens with two attached hydrogens (primary N) is 1. The van der Waals surface area contributed by atoms with Crippen LogP contribution >= 0.6 is 11.8 Å². The fourth-order valence-corrected chi connectivity index (χ4v) is 2.79. The van der Waals surface area contributed by atoms with E-state index in [9.17, 15) is 0 Å². The van der Waals surface area contributed by atoms with Crippen LogP contribution in [0.1, 0.15) is 23.7 Å². The molecule has 1 atom stereocenters. The minimum absolute atomic E-state index is 0.444. The third kappa shape index (κ3) is 2.87. The molecule has 1 unspecified atom stereocenters. The Hall–Kier alpha value is -1.37. The highest BCUT2D eigenvalue weighted by atomic mass is 32.2. The van der Waals surface area contributed by atoms with Crippen LogP contribution < -0.4 is 5.73 Å². The summed E-state index contributed by atoms with van der Waals surface area (Å²) in [7, 11) is 0. The number of hydrogen-bond donors (Lipinski definition) is 1. The highest BCUT2D eigenvalue weighted by Crippen LogP contribution is 2.27. The van der Waals surface area contributed by atoms with Crippen molar-refractivity contribution < 1.29 is 9.26 Å². The molecule has 1 aliphatic rings. The van der Waals surface area contributed by atoms with E-state index in [-0.39, 0.29) is 0 Å². The summed E-state index contributed by atoms with van der Waals surface area (Å²) in [5.74, 6) is 1.82. The number of nitrogens with zero attached hydrogens (tertiary/aromatic N) is 2. The molecule has 0 radical (unpaired) electrons. The second-order valence-corrected chi connectivity index (χ2v) is 6.12. The Morgan fingerprint density at radius 2 is 2.15 bits per heavy atom. The molecule has 6 heteroatoms. The normalized spacial score (nSPS) is 22.3. The third-order valence-electron chi connectivity index (χ3n) is 3.34. The van der Waals surface area contributed by atoms with Crippen LogP contribution in [0, 0.1) is 6.92 Å². The molecule has 2 heterocycles. The van der Waals surface area contributed by atoms with Gasteiger partial charge in [0.15, 0.2) is 5.82 Å². The molecule has 1 aliphatic heterocycles. The Kier molecular flexibility index (Phi) is 3.78. The lowest BCUT2D eigenvalue weighted by atomic mass is 10.0. The van der Waals surface area contributed by atoms with Gasteiger partial charge in [0.05, 0.1) is 12.4 Å². The predicted octanol–water partition coefficient (Wildman–Crippen LogP) is 2.24. The van der Waals surface area contributed by atoms with Crippen LogP contribution in [-0.4, -0.2) is 23.4 Å². The van der Waals surface area contributed by atoms with Crippen LogP contribution in [0.15, 0.2) is 33.7 Å². The van der Waals surface area contributed by atoms with Crippen molar-refractivity contribution in [1.82, 2.24) is 10.1 Å². The Bertz CT molecular complexity index is 576. The van der Waals surface area contributed by atoms with Gasteiger partial charge in [0.1, 0.15) is 5.54 Å². The van der Waals surface area contributed by atoms with Crippen molar-refractivity contribution in [2.75, 3.05) is 13.2 Å². The van der Waals surface area contributed by atoms with Crippen molar-refractivity contribution in [2.24, 2.45) is 5.73 Å². The quantitative estimate of drug-likeness (QED) is 0.871. The Balaban J connectivity index is 1.64. The lowest BCUT2D eigenvalue weighted by Crippen LogP contribution is -2.37. The first-order valence-electron chi connectivity index (χ1n) is 6.55. The van der Waals surface area contributed by atoms with Gasteiger partial charge in [-0.1, -0.05) is 22.9 Å². The van der Waals surface area contributed by atoms with E-state index < -0.39 is 5.54 Å². The van der Waals surface area contributed by atoms with E-state index in [1.165, 1.54) is 10.5 Å². The Morgan fingerprint density at radius 3 is 2.85 bits per heavy atom. The van der Waals surface area contributed by atoms with E-state index >= 15 is 0 Å². The zero-order chi connectivity index (χ0) is 14.0. The minimum atomic E-state index is -0.611. The molecular weight excluding hydrogens is 274 g/mol. The van der Waals surface area contributed by atoms with Gasteiger partial charge < -0.3 is 15.0 Å². The molecule has 106 valence electrons. The van der Waals surface area contributed by atoms with Crippen LogP contribution in [0.3, 0.4) is 0 Å². The number of rotatable bonds is 4. The van der Waals surface area contributed by atoms with Gasteiger partial charge in [0.2, 0.25) is 5.89 Å². The predicted molar refractivity (Wildman–Crippen MR) is 76.3 cm³/mol. The topological polar surface area (TPSA) is 74.2 Å². The van der Waals surface area contributed by atoms with E-state index in [1.54, 1.807) is 11.8 Å². The largest absolute Gasteiger partial charge is 0.379 e. The molecule has 2 N–H and O–H groups in total. The molecule has 0 spiro atoms. The summed E-state index contributed by atoms with van der Waals surface area (Å²) >= 11 is 1.68. The minimum Gasteiger partial charge on any atom is -0.379 e. The molecule has 3 rings (SSSR count). The molecule has 2 aromatic rings. The number of aromatic nitrogens is 2. The highest BCUT2D eigenvalue weighted by molar-refractivity contribution is 7.98. The van der Waals surface area contributed by atoms with E-state index in [4.69, 9.17) is 15.0 Å². The summed E-state index contributed by atoms with van der Waals surface area (Å²) < 4.78 is 10.6. The standard InChI is InChI=1S/C14H17N3O2S/c1-10-2-4-11(5-3-10)20-8-12-16-13(19-17-12)14(15)6-7-18-9-14/h2-5H,6-9,15H2,1H3. The van der Waals surface area contributed by atoms with Crippen molar-refractivity contribution in [3.8, 4) is 0 Å². The number of aryl methyl sites for hydroxylation is 1. The Morgan fingerprint density at radius 1 is 1.35 bits per heavy atom. The van der Waals surface area contributed by atoms with Gasteiger partial charge in [-0.15, -0.1) is 11.8 Å². The van der Waals surface area contributed by atoms with Gasteiger partial charge in [-0.2, -0.15) is 4.98 Å². The number of hydrogen-bond acceptors (Lipinski definition) is 6. The van der Waals surface area contributed by atoms with Crippen molar-refractivity contribution in [3.63, 3.8) is 0 Å². The first kappa shape index (κ1) is 13.6. The third-order valence-corrected chi connectivity index (χ3v) is 4.34. The summed E-state index contributed by atoms with van der Waals surface area (Å²) in [5.41, 5.74) is 6.83. The molecule has 1 aromatic carbocycles. The summed E-state index contributed by atoms with van der Waals surface area (Å²) in [5, 5.41) is 4.00.